The van der Waals surface area contributed by atoms with E-state index in [0.717, 1.165) is 11.3 Å². The van der Waals surface area contributed by atoms with Crippen molar-refractivity contribution in [2.24, 2.45) is 0 Å². The van der Waals surface area contributed by atoms with Crippen LogP contribution < -0.4 is 0 Å². The third kappa shape index (κ3) is 2.28. The average Bonchev–Trinajstić information content (AvgIpc) is 2.90. The summed E-state index contributed by atoms with van der Waals surface area (Å²) in [5.41, 5.74) is 2.67. The average molecular weight is 244 g/mol. The van der Waals surface area contributed by atoms with E-state index in [9.17, 15) is 5.11 Å². The number of hydrogen-bond donors (Lipinski definition) is 1. The third-order valence-corrected chi connectivity index (χ3v) is 4.70. The van der Waals surface area contributed by atoms with Crippen molar-refractivity contribution < 1.29 is 5.11 Å². The summed E-state index contributed by atoms with van der Waals surface area (Å²) >= 11 is 1.80. The highest BCUT2D eigenvalue weighted by molar-refractivity contribution is 7.12. The van der Waals surface area contributed by atoms with Gasteiger partial charge in [-0.25, -0.2) is 0 Å². The first-order valence-electron chi connectivity index (χ1n) is 6.16. The molecule has 0 spiro atoms. The lowest BCUT2D eigenvalue weighted by molar-refractivity contribution is 0.182. The van der Waals surface area contributed by atoms with Crippen LogP contribution >= 0.6 is 11.3 Å². The number of aliphatic hydroxyl groups is 1. The molecule has 0 radical (unpaired) electrons. The van der Waals surface area contributed by atoms with Gasteiger partial charge >= 0.3 is 0 Å². The fraction of sp³-hybridized carbons (Fsp3) is 0.333. The zero-order valence-electron chi connectivity index (χ0n) is 9.73. The monoisotopic (exact) mass is 244 g/mol. The van der Waals surface area contributed by atoms with Crippen LogP contribution in [0.2, 0.25) is 0 Å². The van der Waals surface area contributed by atoms with Gasteiger partial charge in [-0.2, -0.15) is 0 Å². The zero-order chi connectivity index (χ0) is 11.7. The molecule has 1 aliphatic rings. The molecule has 0 amide bonds. The van der Waals surface area contributed by atoms with Crippen LogP contribution in [0.5, 0.6) is 0 Å². The summed E-state index contributed by atoms with van der Waals surface area (Å²) in [6, 6.07) is 12.4. The fourth-order valence-corrected chi connectivity index (χ4v) is 3.70. The molecule has 0 bridgehead atoms. The van der Waals surface area contributed by atoms with Crippen molar-refractivity contribution in [1.82, 2.24) is 0 Å². The summed E-state index contributed by atoms with van der Waals surface area (Å²) in [6.45, 7) is 0. The standard InChI is InChI=1S/C15H16OS/c16-13(9-11-5-2-1-3-6-11)15-10-12-7-4-8-14(12)17-15/h1-3,5-6,10,13,16H,4,7-9H2. The Morgan fingerprint density at radius 3 is 2.76 bits per heavy atom. The molecule has 1 nitrogen and oxygen atoms in total. The molecule has 0 fully saturated rings. The molecule has 1 atom stereocenters. The first-order chi connectivity index (χ1) is 8.33. The van der Waals surface area contributed by atoms with Crippen molar-refractivity contribution in [2.45, 2.75) is 31.8 Å². The Labute approximate surface area is 106 Å². The first-order valence-corrected chi connectivity index (χ1v) is 6.98. The Bertz CT molecular complexity index is 479. The quantitative estimate of drug-likeness (QED) is 0.876. The largest absolute Gasteiger partial charge is 0.387 e. The van der Waals surface area contributed by atoms with Gasteiger partial charge in [0.25, 0.3) is 0 Å². The first kappa shape index (κ1) is 11.0. The van der Waals surface area contributed by atoms with E-state index in [4.69, 9.17) is 0 Å². The van der Waals surface area contributed by atoms with Crippen molar-refractivity contribution in [3.05, 3.63) is 57.3 Å². The second-order valence-corrected chi connectivity index (χ2v) is 5.82. The highest BCUT2D eigenvalue weighted by Gasteiger charge is 2.18. The zero-order valence-corrected chi connectivity index (χ0v) is 10.5. The van der Waals surface area contributed by atoms with Gasteiger partial charge in [0.15, 0.2) is 0 Å². The van der Waals surface area contributed by atoms with E-state index in [-0.39, 0.29) is 6.10 Å². The Hall–Kier alpha value is -1.12. The van der Waals surface area contributed by atoms with E-state index in [2.05, 4.69) is 18.2 Å². The smallest absolute Gasteiger partial charge is 0.0922 e. The minimum atomic E-state index is -0.340. The molecular weight excluding hydrogens is 228 g/mol. The molecule has 0 saturated heterocycles. The highest BCUT2D eigenvalue weighted by atomic mass is 32.1. The van der Waals surface area contributed by atoms with Crippen LogP contribution in [0.4, 0.5) is 0 Å². The van der Waals surface area contributed by atoms with Gasteiger partial charge in [-0.1, -0.05) is 30.3 Å². The van der Waals surface area contributed by atoms with Gasteiger partial charge in [0.1, 0.15) is 0 Å². The summed E-state index contributed by atoms with van der Waals surface area (Å²) in [5, 5.41) is 10.2. The molecule has 1 N–H and O–H groups in total. The topological polar surface area (TPSA) is 20.2 Å². The molecule has 3 rings (SSSR count). The number of thiophene rings is 1. The van der Waals surface area contributed by atoms with E-state index in [1.807, 2.05) is 18.2 Å². The maximum atomic E-state index is 10.2. The van der Waals surface area contributed by atoms with Crippen molar-refractivity contribution >= 4 is 11.3 Å². The van der Waals surface area contributed by atoms with Crippen LogP contribution in [-0.4, -0.2) is 5.11 Å². The second kappa shape index (κ2) is 4.63. The molecule has 1 aromatic carbocycles. The lowest BCUT2D eigenvalue weighted by Gasteiger charge is -2.08. The predicted molar refractivity (Wildman–Crippen MR) is 71.4 cm³/mol. The van der Waals surface area contributed by atoms with Gasteiger partial charge in [-0.3, -0.25) is 0 Å². The lowest BCUT2D eigenvalue weighted by Crippen LogP contribution is -1.99. The SMILES string of the molecule is OC(Cc1ccccc1)c1cc2c(s1)CCC2. The van der Waals surface area contributed by atoms with Crippen LogP contribution in [0.1, 0.15) is 33.4 Å². The minimum absolute atomic E-state index is 0.340. The summed E-state index contributed by atoms with van der Waals surface area (Å²) in [6.07, 6.45) is 4.08. The summed E-state index contributed by atoms with van der Waals surface area (Å²) < 4.78 is 0. The molecule has 1 aliphatic carbocycles. The number of rotatable bonds is 3. The van der Waals surface area contributed by atoms with E-state index >= 15 is 0 Å². The highest BCUT2D eigenvalue weighted by Crippen LogP contribution is 2.34. The Kier molecular flexibility index (Phi) is 3.00. The maximum Gasteiger partial charge on any atom is 0.0922 e. The lowest BCUT2D eigenvalue weighted by atomic mass is 10.1. The van der Waals surface area contributed by atoms with Crippen LogP contribution in [0.15, 0.2) is 36.4 Å². The number of hydrogen-bond acceptors (Lipinski definition) is 2. The molecule has 2 aromatic rings. The maximum absolute atomic E-state index is 10.2. The van der Waals surface area contributed by atoms with E-state index in [1.165, 1.54) is 35.3 Å². The molecule has 2 heteroatoms. The van der Waals surface area contributed by atoms with Gasteiger partial charge in [0, 0.05) is 16.2 Å². The number of benzene rings is 1. The van der Waals surface area contributed by atoms with Crippen LogP contribution in [0.25, 0.3) is 0 Å². The van der Waals surface area contributed by atoms with E-state index in [1.54, 1.807) is 11.3 Å². The Morgan fingerprint density at radius 2 is 2.00 bits per heavy atom. The molecule has 88 valence electrons. The van der Waals surface area contributed by atoms with Gasteiger partial charge in [-0.05, 0) is 36.5 Å². The number of aryl methyl sites for hydroxylation is 2. The Balaban J connectivity index is 1.75. The van der Waals surface area contributed by atoms with Gasteiger partial charge in [-0.15, -0.1) is 11.3 Å². The van der Waals surface area contributed by atoms with E-state index < -0.39 is 0 Å². The molecule has 0 saturated carbocycles. The number of aliphatic hydroxyl groups excluding tert-OH is 1. The normalized spacial score (nSPS) is 15.8. The van der Waals surface area contributed by atoms with Crippen LogP contribution in [0, 0.1) is 0 Å². The Morgan fingerprint density at radius 1 is 1.18 bits per heavy atom. The molecule has 1 unspecified atom stereocenters. The molecule has 1 heterocycles. The van der Waals surface area contributed by atoms with Gasteiger partial charge in [0.05, 0.1) is 6.10 Å². The molecule has 17 heavy (non-hydrogen) atoms. The second-order valence-electron chi connectivity index (χ2n) is 4.66. The molecular formula is C15H16OS. The summed E-state index contributed by atoms with van der Waals surface area (Å²) in [5.74, 6) is 0. The van der Waals surface area contributed by atoms with Crippen molar-refractivity contribution in [3.63, 3.8) is 0 Å². The van der Waals surface area contributed by atoms with Gasteiger partial charge < -0.3 is 5.11 Å². The predicted octanol–water partition coefficient (Wildman–Crippen LogP) is 3.51. The van der Waals surface area contributed by atoms with Crippen molar-refractivity contribution in [2.75, 3.05) is 0 Å². The molecule has 0 aliphatic heterocycles. The minimum Gasteiger partial charge on any atom is -0.387 e. The molecule has 1 aromatic heterocycles. The van der Waals surface area contributed by atoms with Crippen LogP contribution in [0.3, 0.4) is 0 Å². The number of fused-ring (bicyclic) bond motifs is 1. The summed E-state index contributed by atoms with van der Waals surface area (Å²) in [4.78, 5) is 2.63. The fourth-order valence-electron chi connectivity index (χ4n) is 2.45. The van der Waals surface area contributed by atoms with Crippen molar-refractivity contribution in [1.29, 1.82) is 0 Å². The van der Waals surface area contributed by atoms with Crippen LogP contribution in [-0.2, 0) is 19.3 Å². The third-order valence-electron chi connectivity index (χ3n) is 3.37. The van der Waals surface area contributed by atoms with E-state index in [0.29, 0.717) is 0 Å². The van der Waals surface area contributed by atoms with Crippen molar-refractivity contribution in [3.8, 4) is 0 Å². The van der Waals surface area contributed by atoms with Gasteiger partial charge in [0.2, 0.25) is 0 Å². The summed E-state index contributed by atoms with van der Waals surface area (Å²) in [7, 11) is 0.